The van der Waals surface area contributed by atoms with Crippen molar-refractivity contribution in [2.75, 3.05) is 13.1 Å². The Hall–Kier alpha value is -1.55. The van der Waals surface area contributed by atoms with Gasteiger partial charge < -0.3 is 0 Å². The highest BCUT2D eigenvalue weighted by Crippen LogP contribution is 2.29. The highest BCUT2D eigenvalue weighted by atomic mass is 19.3. The number of nitrogens with zero attached hydrogens (tertiary/aromatic N) is 2. The summed E-state index contributed by atoms with van der Waals surface area (Å²) in [6.45, 7) is 3.68. The molecule has 1 aliphatic heterocycles. The zero-order chi connectivity index (χ0) is 14.2. The normalized spacial score (nSPS) is 19.4. The molecule has 20 heavy (non-hydrogen) atoms. The maximum atomic E-state index is 13.2. The van der Waals surface area contributed by atoms with Crippen LogP contribution in [0.5, 0.6) is 0 Å². The second-order valence-corrected chi connectivity index (χ2v) is 5.57. The van der Waals surface area contributed by atoms with Crippen LogP contribution in [0.3, 0.4) is 0 Å². The van der Waals surface area contributed by atoms with Crippen LogP contribution in [0.4, 0.5) is 8.78 Å². The van der Waals surface area contributed by atoms with Crippen molar-refractivity contribution in [2.24, 2.45) is 0 Å². The van der Waals surface area contributed by atoms with Crippen molar-refractivity contribution < 1.29 is 8.78 Å². The number of piperidine rings is 1. The van der Waals surface area contributed by atoms with Crippen LogP contribution in [0, 0.1) is 6.92 Å². The van der Waals surface area contributed by atoms with Gasteiger partial charge in [-0.3, -0.25) is 9.88 Å². The van der Waals surface area contributed by atoms with Gasteiger partial charge in [0.2, 0.25) is 0 Å². The van der Waals surface area contributed by atoms with Crippen molar-refractivity contribution in [3.63, 3.8) is 0 Å². The molecule has 3 rings (SSSR count). The van der Waals surface area contributed by atoms with Crippen LogP contribution in [0.25, 0.3) is 10.9 Å². The van der Waals surface area contributed by atoms with Gasteiger partial charge in [-0.15, -0.1) is 0 Å². The number of hydrogen-bond acceptors (Lipinski definition) is 2. The van der Waals surface area contributed by atoms with E-state index in [1.807, 2.05) is 13.0 Å². The molecule has 0 spiro atoms. The minimum absolute atomic E-state index is 0.0327. The molecular weight excluding hydrogens is 258 g/mol. The zero-order valence-electron chi connectivity index (χ0n) is 11.6. The Morgan fingerprint density at radius 2 is 1.95 bits per heavy atom. The van der Waals surface area contributed by atoms with E-state index in [4.69, 9.17) is 0 Å². The molecule has 106 valence electrons. The summed E-state index contributed by atoms with van der Waals surface area (Å²) >= 11 is 0. The van der Waals surface area contributed by atoms with Gasteiger partial charge in [0.15, 0.2) is 0 Å². The molecule has 2 nitrogen and oxygen atoms in total. The number of hydrogen-bond donors (Lipinski definition) is 0. The summed E-state index contributed by atoms with van der Waals surface area (Å²) in [5, 5.41) is 1.13. The summed E-state index contributed by atoms with van der Waals surface area (Å²) in [6.07, 6.45) is 1.73. The number of aromatic nitrogens is 1. The first-order valence-corrected chi connectivity index (χ1v) is 6.99. The average molecular weight is 276 g/mol. The topological polar surface area (TPSA) is 16.1 Å². The Balaban J connectivity index is 1.83. The highest BCUT2D eigenvalue weighted by molar-refractivity contribution is 5.84. The van der Waals surface area contributed by atoms with E-state index in [1.54, 1.807) is 6.20 Å². The fourth-order valence-electron chi connectivity index (χ4n) is 2.79. The molecule has 4 heteroatoms. The maximum absolute atomic E-state index is 13.2. The quantitative estimate of drug-likeness (QED) is 0.830. The van der Waals surface area contributed by atoms with Crippen molar-refractivity contribution in [3.05, 3.63) is 41.6 Å². The fourth-order valence-corrected chi connectivity index (χ4v) is 2.79. The third-order valence-corrected chi connectivity index (χ3v) is 4.04. The van der Waals surface area contributed by atoms with E-state index in [9.17, 15) is 8.78 Å². The van der Waals surface area contributed by atoms with Crippen molar-refractivity contribution in [1.82, 2.24) is 9.88 Å². The number of pyridine rings is 1. The Kier molecular flexibility index (Phi) is 3.42. The summed E-state index contributed by atoms with van der Waals surface area (Å²) in [7, 11) is 0. The molecule has 0 N–H and O–H groups in total. The lowest BCUT2D eigenvalue weighted by molar-refractivity contribution is -0.0565. The van der Waals surface area contributed by atoms with Crippen LogP contribution < -0.4 is 0 Å². The standard InChI is InChI=1S/C16H18F2N2/c1-12-4-5-13(14-3-2-8-19-15(12)14)11-20-9-6-16(17,18)7-10-20/h2-5,8H,6-7,9-11H2,1H3. The molecule has 0 atom stereocenters. The first kappa shape index (κ1) is 13.4. The van der Waals surface area contributed by atoms with Gasteiger partial charge in [-0.05, 0) is 24.1 Å². The maximum Gasteiger partial charge on any atom is 0.250 e. The average Bonchev–Trinajstić information content (AvgIpc) is 2.44. The summed E-state index contributed by atoms with van der Waals surface area (Å²) in [5.74, 6) is -2.48. The van der Waals surface area contributed by atoms with Crippen LogP contribution >= 0.6 is 0 Å². The summed E-state index contributed by atoms with van der Waals surface area (Å²) in [6, 6.07) is 8.13. The molecular formula is C16H18F2N2. The Labute approximate surface area is 117 Å². The molecule has 1 fully saturated rings. The van der Waals surface area contributed by atoms with E-state index in [-0.39, 0.29) is 12.8 Å². The first-order valence-electron chi connectivity index (χ1n) is 6.99. The van der Waals surface area contributed by atoms with E-state index >= 15 is 0 Å². The largest absolute Gasteiger partial charge is 0.299 e. The first-order chi connectivity index (χ1) is 9.55. The van der Waals surface area contributed by atoms with E-state index in [1.165, 1.54) is 5.56 Å². The number of aryl methyl sites for hydroxylation is 1. The number of halogens is 2. The molecule has 2 heterocycles. The fraction of sp³-hybridized carbons (Fsp3) is 0.438. The molecule has 1 aromatic carbocycles. The van der Waals surface area contributed by atoms with Gasteiger partial charge in [-0.1, -0.05) is 18.2 Å². The highest BCUT2D eigenvalue weighted by Gasteiger charge is 2.33. The van der Waals surface area contributed by atoms with Gasteiger partial charge in [0, 0.05) is 44.1 Å². The lowest BCUT2D eigenvalue weighted by Gasteiger charge is -2.31. The second-order valence-electron chi connectivity index (χ2n) is 5.57. The molecule has 0 radical (unpaired) electrons. The van der Waals surface area contributed by atoms with Crippen LogP contribution in [0.2, 0.25) is 0 Å². The van der Waals surface area contributed by atoms with Gasteiger partial charge >= 0.3 is 0 Å². The monoisotopic (exact) mass is 276 g/mol. The number of alkyl halides is 2. The Morgan fingerprint density at radius 3 is 2.70 bits per heavy atom. The van der Waals surface area contributed by atoms with Crippen LogP contribution in [-0.4, -0.2) is 28.9 Å². The predicted octanol–water partition coefficient (Wildman–Crippen LogP) is 3.77. The lowest BCUT2D eigenvalue weighted by Crippen LogP contribution is -2.38. The van der Waals surface area contributed by atoms with Crippen LogP contribution in [-0.2, 0) is 6.54 Å². The second kappa shape index (κ2) is 5.09. The molecule has 1 aliphatic rings. The van der Waals surface area contributed by atoms with Gasteiger partial charge in [-0.25, -0.2) is 8.78 Å². The Morgan fingerprint density at radius 1 is 1.20 bits per heavy atom. The summed E-state index contributed by atoms with van der Waals surface area (Å²) in [4.78, 5) is 6.52. The molecule has 0 amide bonds. The van der Waals surface area contributed by atoms with Crippen LogP contribution in [0.15, 0.2) is 30.5 Å². The molecule has 2 aromatic rings. The zero-order valence-corrected chi connectivity index (χ0v) is 11.6. The number of fused-ring (bicyclic) bond motifs is 1. The molecule has 0 aliphatic carbocycles. The van der Waals surface area contributed by atoms with E-state index in [0.717, 1.165) is 23.0 Å². The smallest absolute Gasteiger partial charge is 0.250 e. The van der Waals surface area contributed by atoms with Crippen molar-refractivity contribution in [1.29, 1.82) is 0 Å². The van der Waals surface area contributed by atoms with Crippen LogP contribution in [0.1, 0.15) is 24.0 Å². The molecule has 0 bridgehead atoms. The van der Waals surface area contributed by atoms with Gasteiger partial charge in [0.05, 0.1) is 5.52 Å². The van der Waals surface area contributed by atoms with E-state index in [0.29, 0.717) is 13.1 Å². The third-order valence-electron chi connectivity index (χ3n) is 4.04. The molecule has 1 saturated heterocycles. The van der Waals surface area contributed by atoms with Gasteiger partial charge in [0.25, 0.3) is 5.92 Å². The van der Waals surface area contributed by atoms with Gasteiger partial charge in [-0.2, -0.15) is 0 Å². The molecule has 0 unspecified atom stereocenters. The number of benzene rings is 1. The van der Waals surface area contributed by atoms with E-state index in [2.05, 4.69) is 28.1 Å². The lowest BCUT2D eigenvalue weighted by atomic mass is 10.0. The van der Waals surface area contributed by atoms with Crippen molar-refractivity contribution in [2.45, 2.75) is 32.2 Å². The SMILES string of the molecule is Cc1ccc(CN2CCC(F)(F)CC2)c2cccnc12. The van der Waals surface area contributed by atoms with Gasteiger partial charge in [0.1, 0.15) is 0 Å². The van der Waals surface area contributed by atoms with E-state index < -0.39 is 5.92 Å². The minimum atomic E-state index is -2.48. The molecule has 0 saturated carbocycles. The minimum Gasteiger partial charge on any atom is -0.299 e. The summed E-state index contributed by atoms with van der Waals surface area (Å²) < 4.78 is 26.4. The van der Waals surface area contributed by atoms with Crippen molar-refractivity contribution >= 4 is 10.9 Å². The third kappa shape index (κ3) is 2.66. The number of likely N-dealkylation sites (tertiary alicyclic amines) is 1. The Bertz CT molecular complexity index is 615. The predicted molar refractivity (Wildman–Crippen MR) is 75.9 cm³/mol. The number of rotatable bonds is 2. The van der Waals surface area contributed by atoms with Crippen molar-refractivity contribution in [3.8, 4) is 0 Å². The molecule has 1 aromatic heterocycles. The summed E-state index contributed by atoms with van der Waals surface area (Å²) in [5.41, 5.74) is 3.32.